The van der Waals surface area contributed by atoms with Gasteiger partial charge in [-0.3, -0.25) is 4.79 Å². The molecule has 4 N–H and O–H groups in total. The zero-order chi connectivity index (χ0) is 12.7. The monoisotopic (exact) mass is 236 g/mol. The summed E-state index contributed by atoms with van der Waals surface area (Å²) >= 11 is 0. The van der Waals surface area contributed by atoms with E-state index in [-0.39, 0.29) is 6.61 Å². The first-order valence-electron chi connectivity index (χ1n) is 5.73. The lowest BCUT2D eigenvalue weighted by molar-refractivity contribution is -0.124. The van der Waals surface area contributed by atoms with Crippen LogP contribution < -0.4 is 11.5 Å². The highest BCUT2D eigenvalue weighted by molar-refractivity contribution is 5.83. The van der Waals surface area contributed by atoms with Crippen molar-refractivity contribution in [2.45, 2.75) is 25.3 Å². The van der Waals surface area contributed by atoms with Crippen LogP contribution in [-0.4, -0.2) is 24.7 Å². The Hall–Kier alpha value is -1.39. The van der Waals surface area contributed by atoms with Gasteiger partial charge in [-0.05, 0) is 25.3 Å². The number of ether oxygens (including phenoxy) is 1. The van der Waals surface area contributed by atoms with E-state index in [1.165, 1.54) is 5.56 Å². The van der Waals surface area contributed by atoms with Gasteiger partial charge in [-0.2, -0.15) is 0 Å². The molecule has 0 aliphatic rings. The minimum atomic E-state index is -1.08. The summed E-state index contributed by atoms with van der Waals surface area (Å²) in [5.41, 5.74) is 11.0. The molecule has 1 aromatic rings. The van der Waals surface area contributed by atoms with E-state index in [4.69, 9.17) is 16.2 Å². The first-order chi connectivity index (χ1) is 8.02. The number of aryl methyl sites for hydroxylation is 1. The summed E-state index contributed by atoms with van der Waals surface area (Å²) in [5, 5.41) is 0. The van der Waals surface area contributed by atoms with Crippen molar-refractivity contribution in [2.24, 2.45) is 11.5 Å². The maximum atomic E-state index is 10.9. The quantitative estimate of drug-likeness (QED) is 0.688. The lowest BCUT2D eigenvalue weighted by Gasteiger charge is -2.20. The van der Waals surface area contributed by atoms with Crippen molar-refractivity contribution in [3.63, 3.8) is 0 Å². The SMILES string of the molecule is CC(N)(COCCCc1ccccc1)C(N)=O. The van der Waals surface area contributed by atoms with E-state index < -0.39 is 11.4 Å². The standard InChI is InChI=1S/C13H20N2O2/c1-13(15,12(14)16)10-17-9-5-8-11-6-3-2-4-7-11/h2-4,6-7H,5,8-10,15H2,1H3,(H2,14,16). The van der Waals surface area contributed by atoms with Crippen LogP contribution in [0.1, 0.15) is 18.9 Å². The van der Waals surface area contributed by atoms with Gasteiger partial charge in [0, 0.05) is 6.61 Å². The van der Waals surface area contributed by atoms with Crippen LogP contribution >= 0.6 is 0 Å². The average Bonchev–Trinajstić information content (AvgIpc) is 2.29. The zero-order valence-corrected chi connectivity index (χ0v) is 10.2. The van der Waals surface area contributed by atoms with Crippen LogP contribution in [0, 0.1) is 0 Å². The van der Waals surface area contributed by atoms with Crippen LogP contribution in [0.2, 0.25) is 0 Å². The van der Waals surface area contributed by atoms with Crippen molar-refractivity contribution in [2.75, 3.05) is 13.2 Å². The Bertz CT molecular complexity index is 350. The average molecular weight is 236 g/mol. The highest BCUT2D eigenvalue weighted by Crippen LogP contribution is 2.04. The van der Waals surface area contributed by atoms with Gasteiger partial charge in [0.2, 0.25) is 5.91 Å². The first kappa shape index (κ1) is 13.7. The number of hydrogen-bond acceptors (Lipinski definition) is 3. The first-order valence-corrected chi connectivity index (χ1v) is 5.73. The van der Waals surface area contributed by atoms with Crippen LogP contribution in [0.4, 0.5) is 0 Å². The van der Waals surface area contributed by atoms with Crippen LogP contribution in [0.25, 0.3) is 0 Å². The largest absolute Gasteiger partial charge is 0.379 e. The predicted octanol–water partition coefficient (Wildman–Crippen LogP) is 0.838. The molecule has 0 aromatic heterocycles. The summed E-state index contributed by atoms with van der Waals surface area (Å²) in [6, 6.07) is 10.2. The minimum Gasteiger partial charge on any atom is -0.379 e. The molecule has 4 heteroatoms. The van der Waals surface area contributed by atoms with Crippen molar-refractivity contribution in [3.05, 3.63) is 35.9 Å². The molecule has 1 amide bonds. The third kappa shape index (κ3) is 4.97. The lowest BCUT2D eigenvalue weighted by Crippen LogP contribution is -2.52. The van der Waals surface area contributed by atoms with Crippen molar-refractivity contribution in [1.29, 1.82) is 0 Å². The predicted molar refractivity (Wildman–Crippen MR) is 67.4 cm³/mol. The molecular formula is C13H20N2O2. The number of carbonyl (C=O) groups excluding carboxylic acids is 1. The third-order valence-electron chi connectivity index (χ3n) is 2.56. The van der Waals surface area contributed by atoms with Crippen LogP contribution in [0.15, 0.2) is 30.3 Å². The Morgan fingerprint density at radius 3 is 2.59 bits per heavy atom. The number of rotatable bonds is 7. The van der Waals surface area contributed by atoms with E-state index in [0.29, 0.717) is 6.61 Å². The second kappa shape index (κ2) is 6.37. The Morgan fingerprint density at radius 1 is 1.35 bits per heavy atom. The molecule has 0 saturated carbocycles. The molecule has 0 radical (unpaired) electrons. The van der Waals surface area contributed by atoms with Crippen molar-refractivity contribution in [1.82, 2.24) is 0 Å². The summed E-state index contributed by atoms with van der Waals surface area (Å²) in [6.07, 6.45) is 1.86. The number of carbonyl (C=O) groups is 1. The summed E-state index contributed by atoms with van der Waals surface area (Å²) in [5.74, 6) is -0.541. The molecule has 4 nitrogen and oxygen atoms in total. The van der Waals surface area contributed by atoms with Gasteiger partial charge in [0.15, 0.2) is 0 Å². The van der Waals surface area contributed by atoms with Gasteiger partial charge < -0.3 is 16.2 Å². The molecule has 0 heterocycles. The summed E-state index contributed by atoms with van der Waals surface area (Å²) in [4.78, 5) is 10.9. The molecule has 1 rings (SSSR count). The Balaban J connectivity index is 2.15. The molecule has 0 saturated heterocycles. The molecule has 1 atom stereocenters. The minimum absolute atomic E-state index is 0.164. The van der Waals surface area contributed by atoms with E-state index in [2.05, 4.69) is 12.1 Å². The molecule has 0 fully saturated rings. The van der Waals surface area contributed by atoms with E-state index in [1.807, 2.05) is 18.2 Å². The maximum absolute atomic E-state index is 10.9. The number of benzene rings is 1. The van der Waals surface area contributed by atoms with Gasteiger partial charge in [-0.1, -0.05) is 30.3 Å². The Morgan fingerprint density at radius 2 is 2.00 bits per heavy atom. The topological polar surface area (TPSA) is 78.3 Å². The van der Waals surface area contributed by atoms with Gasteiger partial charge >= 0.3 is 0 Å². The van der Waals surface area contributed by atoms with Gasteiger partial charge in [-0.15, -0.1) is 0 Å². The van der Waals surface area contributed by atoms with Crippen molar-refractivity contribution < 1.29 is 9.53 Å². The number of nitrogens with two attached hydrogens (primary N) is 2. The van der Waals surface area contributed by atoms with Gasteiger partial charge in [0.1, 0.15) is 5.54 Å². The second-order valence-electron chi connectivity index (χ2n) is 4.42. The van der Waals surface area contributed by atoms with Crippen LogP contribution in [-0.2, 0) is 16.0 Å². The molecule has 94 valence electrons. The second-order valence-corrected chi connectivity index (χ2v) is 4.42. The highest BCUT2D eigenvalue weighted by atomic mass is 16.5. The number of primary amides is 1. The fourth-order valence-electron chi connectivity index (χ4n) is 1.38. The molecule has 17 heavy (non-hydrogen) atoms. The van der Waals surface area contributed by atoms with E-state index >= 15 is 0 Å². The smallest absolute Gasteiger partial charge is 0.239 e. The molecular weight excluding hydrogens is 216 g/mol. The fourth-order valence-corrected chi connectivity index (χ4v) is 1.38. The van der Waals surface area contributed by atoms with Gasteiger partial charge in [-0.25, -0.2) is 0 Å². The van der Waals surface area contributed by atoms with Crippen LogP contribution in [0.5, 0.6) is 0 Å². The van der Waals surface area contributed by atoms with E-state index in [0.717, 1.165) is 12.8 Å². The summed E-state index contributed by atoms with van der Waals surface area (Å²) in [6.45, 7) is 2.32. The zero-order valence-electron chi connectivity index (χ0n) is 10.2. The fraction of sp³-hybridized carbons (Fsp3) is 0.462. The highest BCUT2D eigenvalue weighted by Gasteiger charge is 2.25. The Kier molecular flexibility index (Phi) is 5.12. The van der Waals surface area contributed by atoms with Gasteiger partial charge in [0.05, 0.1) is 6.61 Å². The normalized spacial score (nSPS) is 14.2. The molecule has 0 aliphatic heterocycles. The Labute approximate surface area is 102 Å². The molecule has 0 spiro atoms. The third-order valence-corrected chi connectivity index (χ3v) is 2.56. The van der Waals surface area contributed by atoms with Gasteiger partial charge in [0.25, 0.3) is 0 Å². The van der Waals surface area contributed by atoms with Crippen molar-refractivity contribution in [3.8, 4) is 0 Å². The molecule has 0 bridgehead atoms. The molecule has 1 aromatic carbocycles. The molecule has 1 unspecified atom stereocenters. The lowest BCUT2D eigenvalue weighted by atomic mass is 10.1. The number of amides is 1. The maximum Gasteiger partial charge on any atom is 0.239 e. The summed E-state index contributed by atoms with van der Waals surface area (Å²) < 4.78 is 5.36. The molecule has 0 aliphatic carbocycles. The van der Waals surface area contributed by atoms with Crippen molar-refractivity contribution >= 4 is 5.91 Å². The summed E-state index contributed by atoms with van der Waals surface area (Å²) in [7, 11) is 0. The van der Waals surface area contributed by atoms with E-state index in [1.54, 1.807) is 6.92 Å². The van der Waals surface area contributed by atoms with E-state index in [9.17, 15) is 4.79 Å². The van der Waals surface area contributed by atoms with Crippen LogP contribution in [0.3, 0.4) is 0 Å². The number of hydrogen-bond donors (Lipinski definition) is 2.